The van der Waals surface area contributed by atoms with Gasteiger partial charge in [0.2, 0.25) is 5.60 Å². The van der Waals surface area contributed by atoms with Crippen LogP contribution in [0.5, 0.6) is 0 Å². The Morgan fingerprint density at radius 2 is 2.15 bits per heavy atom. The van der Waals surface area contributed by atoms with E-state index >= 15 is 0 Å². The van der Waals surface area contributed by atoms with Gasteiger partial charge in [0.1, 0.15) is 17.8 Å². The van der Waals surface area contributed by atoms with Gasteiger partial charge in [-0.05, 0) is 13.0 Å². The number of nitrogens with one attached hydrogen (secondary N) is 3. The maximum atomic E-state index is 13.2. The number of β-lactam (4-membered cyclic amide) rings is 1. The standard InChI is InChI=1S/C20H26N10O8S2/c21-19-25-12(9-39-19)14(28-38-20(2-3-20)18(33)34)16(31)26-15-13(30(17(15)32)40(35,36)37)8-29-24-7-11(27-29)6-23-10-1-4-22-5-10/h7,9-10,13,15,22-23H,1-6,8H2,(H2,21,25)(H,26,31)(H,33,34)(H,35,36,37)/t10-,13-,15-/m0/s1. The van der Waals surface area contributed by atoms with E-state index in [1.54, 1.807) is 0 Å². The summed E-state index contributed by atoms with van der Waals surface area (Å²) in [5.74, 6) is -3.37. The lowest BCUT2D eigenvalue weighted by Crippen LogP contribution is -2.73. The van der Waals surface area contributed by atoms with E-state index in [1.165, 1.54) is 11.6 Å². The van der Waals surface area contributed by atoms with E-state index in [9.17, 15) is 32.5 Å². The Morgan fingerprint density at radius 3 is 2.75 bits per heavy atom. The zero-order valence-electron chi connectivity index (χ0n) is 20.8. The third-order valence-electron chi connectivity index (χ3n) is 6.66. The SMILES string of the molecule is Nc1nc(C(=NOC2(C(=O)O)CC2)C(=O)N[C@@H]2C(=O)N(S(=O)(=O)O)[C@H]2Cn2ncc(CN[C@H]3CCNC3)n2)cs1. The summed E-state index contributed by atoms with van der Waals surface area (Å²) in [5.41, 5.74) is 4.14. The molecule has 2 aliphatic heterocycles. The highest BCUT2D eigenvalue weighted by Crippen LogP contribution is 2.40. The van der Waals surface area contributed by atoms with Crippen LogP contribution in [0.1, 0.15) is 30.7 Å². The fraction of sp³-hybridized carbons (Fsp3) is 0.550. The van der Waals surface area contributed by atoms with Crippen molar-refractivity contribution < 1.29 is 37.3 Å². The lowest BCUT2D eigenvalue weighted by molar-refractivity contribution is -0.153. The monoisotopic (exact) mass is 598 g/mol. The van der Waals surface area contributed by atoms with Crippen molar-refractivity contribution in [3.05, 3.63) is 23.0 Å². The van der Waals surface area contributed by atoms with E-state index in [0.29, 0.717) is 12.2 Å². The van der Waals surface area contributed by atoms with Crippen LogP contribution in [-0.4, -0.2) is 103 Å². The smallest absolute Gasteiger partial charge is 0.362 e. The van der Waals surface area contributed by atoms with Gasteiger partial charge in [-0.2, -0.15) is 23.4 Å². The molecule has 0 bridgehead atoms. The molecule has 3 aliphatic rings. The van der Waals surface area contributed by atoms with E-state index < -0.39 is 51.5 Å². The number of aromatic nitrogens is 4. The number of carboxylic acids is 1. The maximum absolute atomic E-state index is 13.2. The second-order valence-corrected chi connectivity index (χ2v) is 11.7. The Bertz CT molecular complexity index is 1450. The summed E-state index contributed by atoms with van der Waals surface area (Å²) in [4.78, 5) is 47.6. The summed E-state index contributed by atoms with van der Waals surface area (Å²) in [7, 11) is -4.97. The van der Waals surface area contributed by atoms with Crippen molar-refractivity contribution in [2.24, 2.45) is 5.16 Å². The van der Waals surface area contributed by atoms with Crippen molar-refractivity contribution in [3.8, 4) is 0 Å². The molecule has 1 aliphatic carbocycles. The predicted molar refractivity (Wildman–Crippen MR) is 136 cm³/mol. The molecular formula is C20H26N10O8S2. The molecule has 4 heterocycles. The summed E-state index contributed by atoms with van der Waals surface area (Å²) in [6.07, 6.45) is 2.80. The summed E-state index contributed by atoms with van der Waals surface area (Å²) >= 11 is 0.983. The number of rotatable bonds is 12. The molecular weight excluding hydrogens is 572 g/mol. The van der Waals surface area contributed by atoms with E-state index in [2.05, 4.69) is 36.3 Å². The summed E-state index contributed by atoms with van der Waals surface area (Å²) in [6, 6.07) is -2.43. The van der Waals surface area contributed by atoms with E-state index in [1.807, 2.05) is 0 Å². The third-order valence-corrected chi connectivity index (χ3v) is 8.28. The minimum absolute atomic E-state index is 0.0421. The summed E-state index contributed by atoms with van der Waals surface area (Å²) in [5, 5.41) is 31.8. The molecule has 3 atom stereocenters. The molecule has 0 radical (unpaired) electrons. The van der Waals surface area contributed by atoms with E-state index in [4.69, 9.17) is 10.6 Å². The first-order chi connectivity index (χ1) is 19.0. The van der Waals surface area contributed by atoms with Gasteiger partial charge >= 0.3 is 16.3 Å². The van der Waals surface area contributed by atoms with Crippen molar-refractivity contribution in [1.82, 2.24) is 40.2 Å². The van der Waals surface area contributed by atoms with Gasteiger partial charge in [-0.1, -0.05) is 5.16 Å². The molecule has 20 heteroatoms. The van der Waals surface area contributed by atoms with Crippen LogP contribution in [0.25, 0.3) is 0 Å². The van der Waals surface area contributed by atoms with Crippen LogP contribution in [-0.2, 0) is 42.6 Å². The number of anilines is 1. The van der Waals surface area contributed by atoms with Gasteiger partial charge in [-0.3, -0.25) is 14.1 Å². The fourth-order valence-electron chi connectivity index (χ4n) is 4.29. The molecule has 7 N–H and O–H groups in total. The van der Waals surface area contributed by atoms with Crippen LogP contribution in [0.2, 0.25) is 0 Å². The van der Waals surface area contributed by atoms with Crippen molar-refractivity contribution in [1.29, 1.82) is 0 Å². The Morgan fingerprint density at radius 1 is 1.38 bits per heavy atom. The number of carbonyl (C=O) groups is 3. The Hall–Kier alpha value is -3.72. The molecule has 3 fully saturated rings. The highest BCUT2D eigenvalue weighted by atomic mass is 32.2. The minimum Gasteiger partial charge on any atom is -0.478 e. The number of amides is 2. The lowest BCUT2D eigenvalue weighted by Gasteiger charge is -2.43. The Labute approximate surface area is 230 Å². The van der Waals surface area contributed by atoms with Crippen molar-refractivity contribution in [3.63, 3.8) is 0 Å². The molecule has 40 heavy (non-hydrogen) atoms. The fourth-order valence-corrected chi connectivity index (χ4v) is 5.71. The van der Waals surface area contributed by atoms with Crippen molar-refractivity contribution in [2.45, 2.75) is 56.1 Å². The number of oxime groups is 1. The largest absolute Gasteiger partial charge is 0.478 e. The van der Waals surface area contributed by atoms with Crippen LogP contribution < -0.4 is 21.7 Å². The molecule has 2 amide bonds. The van der Waals surface area contributed by atoms with Crippen LogP contribution in [0.4, 0.5) is 5.13 Å². The quantitative estimate of drug-likeness (QED) is 0.0629. The van der Waals surface area contributed by atoms with Gasteiger partial charge in [0.05, 0.1) is 18.4 Å². The van der Waals surface area contributed by atoms with Gasteiger partial charge in [0, 0.05) is 37.4 Å². The zero-order valence-corrected chi connectivity index (χ0v) is 22.4. The third kappa shape index (κ3) is 5.75. The maximum Gasteiger partial charge on any atom is 0.362 e. The van der Waals surface area contributed by atoms with Gasteiger partial charge in [-0.15, -0.1) is 11.3 Å². The minimum atomic E-state index is -4.97. The van der Waals surface area contributed by atoms with Gasteiger partial charge < -0.3 is 31.6 Å². The van der Waals surface area contributed by atoms with Crippen LogP contribution in [0.15, 0.2) is 16.7 Å². The number of nitrogen functional groups attached to an aromatic ring is 1. The number of hydrogen-bond acceptors (Lipinski definition) is 14. The van der Waals surface area contributed by atoms with Crippen molar-refractivity contribution in [2.75, 3.05) is 18.8 Å². The number of nitrogens with two attached hydrogens (primary N) is 1. The Kier molecular flexibility index (Phi) is 7.44. The normalized spacial score (nSPS) is 24.0. The number of carbonyl (C=O) groups excluding carboxylic acids is 2. The number of nitrogens with zero attached hydrogens (tertiary/aromatic N) is 6. The predicted octanol–water partition coefficient (Wildman–Crippen LogP) is -2.70. The average Bonchev–Trinajstić information content (AvgIpc) is 3.22. The van der Waals surface area contributed by atoms with Gasteiger partial charge in [0.15, 0.2) is 10.8 Å². The lowest BCUT2D eigenvalue weighted by atomic mass is 9.98. The molecule has 0 aromatic carbocycles. The first-order valence-corrected chi connectivity index (χ1v) is 14.4. The molecule has 1 saturated carbocycles. The van der Waals surface area contributed by atoms with Crippen LogP contribution >= 0.6 is 11.3 Å². The molecule has 216 valence electrons. The second kappa shape index (κ2) is 10.7. The molecule has 2 saturated heterocycles. The van der Waals surface area contributed by atoms with Crippen LogP contribution in [0, 0.1) is 0 Å². The first kappa shape index (κ1) is 27.8. The number of thiazole rings is 1. The summed E-state index contributed by atoms with van der Waals surface area (Å²) < 4.78 is 33.7. The molecule has 0 spiro atoms. The highest BCUT2D eigenvalue weighted by molar-refractivity contribution is 7.84. The van der Waals surface area contributed by atoms with Crippen molar-refractivity contribution >= 4 is 50.3 Å². The Balaban J connectivity index is 1.32. The molecule has 2 aromatic heterocycles. The van der Waals surface area contributed by atoms with Crippen LogP contribution in [0.3, 0.4) is 0 Å². The first-order valence-electron chi connectivity index (χ1n) is 12.1. The van der Waals surface area contributed by atoms with E-state index in [-0.39, 0.29) is 40.6 Å². The molecule has 2 aromatic rings. The van der Waals surface area contributed by atoms with E-state index in [0.717, 1.165) is 35.6 Å². The highest BCUT2D eigenvalue weighted by Gasteiger charge is 2.56. The molecule has 0 unspecified atom stereocenters. The zero-order chi connectivity index (χ0) is 28.7. The average molecular weight is 599 g/mol. The van der Waals surface area contributed by atoms with Gasteiger partial charge in [0.25, 0.3) is 11.8 Å². The molecule has 5 rings (SSSR count). The topological polar surface area (TPSA) is 256 Å². The second-order valence-electron chi connectivity index (χ2n) is 9.49. The van der Waals surface area contributed by atoms with Gasteiger partial charge in [-0.25, -0.2) is 14.1 Å². The summed E-state index contributed by atoms with van der Waals surface area (Å²) in [6.45, 7) is 1.86. The molecule has 18 nitrogen and oxygen atoms in total. The number of carboxylic acid groups (broad SMARTS) is 1. The number of aliphatic carboxylic acids is 1. The number of hydrogen-bond donors (Lipinski definition) is 6.